The van der Waals surface area contributed by atoms with E-state index in [0.29, 0.717) is 0 Å². The minimum atomic E-state index is -0.125. The molecule has 25 heavy (non-hydrogen) atoms. The van der Waals surface area contributed by atoms with Gasteiger partial charge in [0.1, 0.15) is 0 Å². The summed E-state index contributed by atoms with van der Waals surface area (Å²) in [6.45, 7) is 4.83. The Labute approximate surface area is 161 Å². The standard InChI is InChI=1S/C15H11N2.C5H8O2.Pt/c1-11-15(12-7-3-2-4-8-12)17-14-10-6-5-9-13(14)16-11;1-4(6)3-5(2)7;/h2-7,9-10H,1H3;3,6H,1-2H3;/q-1;;. The molecule has 1 heterocycles. The van der Waals surface area contributed by atoms with E-state index >= 15 is 0 Å². The molecule has 132 valence electrons. The molecule has 1 N–H and O–H groups in total. The third kappa shape index (κ3) is 6.24. The van der Waals surface area contributed by atoms with Crippen molar-refractivity contribution in [3.05, 3.63) is 72.1 Å². The van der Waals surface area contributed by atoms with E-state index in [9.17, 15) is 4.79 Å². The number of fused-ring (bicyclic) bond motifs is 1. The van der Waals surface area contributed by atoms with Gasteiger partial charge in [-0.25, -0.2) is 0 Å². The van der Waals surface area contributed by atoms with Gasteiger partial charge in [0.25, 0.3) is 0 Å². The number of rotatable bonds is 2. The summed E-state index contributed by atoms with van der Waals surface area (Å²) in [7, 11) is 0. The summed E-state index contributed by atoms with van der Waals surface area (Å²) >= 11 is 0. The van der Waals surface area contributed by atoms with Gasteiger partial charge in [0.05, 0.1) is 16.8 Å². The van der Waals surface area contributed by atoms with Crippen molar-refractivity contribution < 1.29 is 31.0 Å². The van der Waals surface area contributed by atoms with E-state index in [2.05, 4.69) is 16.0 Å². The fourth-order valence-electron chi connectivity index (χ4n) is 2.18. The Bertz CT molecular complexity index is 873. The van der Waals surface area contributed by atoms with E-state index in [1.54, 1.807) is 0 Å². The second-order valence-electron chi connectivity index (χ2n) is 5.32. The van der Waals surface area contributed by atoms with Gasteiger partial charge in [-0.2, -0.15) is 0 Å². The normalized spacial score (nSPS) is 10.4. The molecule has 0 saturated heterocycles. The van der Waals surface area contributed by atoms with E-state index in [1.165, 1.54) is 19.9 Å². The molecule has 0 bridgehead atoms. The largest absolute Gasteiger partial charge is 0.512 e. The Balaban J connectivity index is 0.000000339. The van der Waals surface area contributed by atoms with Crippen LogP contribution in [0.2, 0.25) is 0 Å². The first-order chi connectivity index (χ1) is 11.5. The number of carbonyl (C=O) groups excluding carboxylic acids is 1. The summed E-state index contributed by atoms with van der Waals surface area (Å²) in [5.74, 6) is -0.0625. The molecule has 0 atom stereocenters. The molecule has 0 saturated carbocycles. The molecular weight excluding hydrogens is 495 g/mol. The van der Waals surface area contributed by atoms with Gasteiger partial charge in [0, 0.05) is 38.5 Å². The van der Waals surface area contributed by atoms with Crippen molar-refractivity contribution in [2.24, 2.45) is 0 Å². The van der Waals surface area contributed by atoms with E-state index in [1.807, 2.05) is 55.5 Å². The number of nitrogens with zero attached hydrogens (tertiary/aromatic N) is 2. The molecule has 0 amide bonds. The molecule has 0 fully saturated rings. The van der Waals surface area contributed by atoms with Gasteiger partial charge in [0.15, 0.2) is 5.78 Å². The van der Waals surface area contributed by atoms with Crippen LogP contribution in [0, 0.1) is 13.0 Å². The predicted molar refractivity (Wildman–Crippen MR) is 95.6 cm³/mol. The van der Waals surface area contributed by atoms with Crippen LogP contribution in [0.5, 0.6) is 0 Å². The maximum Gasteiger partial charge on any atom is 0.155 e. The maximum absolute atomic E-state index is 10.0. The minimum absolute atomic E-state index is 0. The van der Waals surface area contributed by atoms with Crippen LogP contribution < -0.4 is 0 Å². The number of aryl methyl sites for hydroxylation is 1. The molecule has 0 spiro atoms. The Kier molecular flexibility index (Phi) is 8.16. The molecule has 5 heteroatoms. The fourth-order valence-corrected chi connectivity index (χ4v) is 2.18. The molecule has 0 unspecified atom stereocenters. The van der Waals surface area contributed by atoms with Gasteiger partial charge in [-0.3, -0.25) is 14.8 Å². The molecule has 1 aromatic heterocycles. The average Bonchev–Trinajstić information content (AvgIpc) is 2.54. The number of carbonyl (C=O) groups is 1. The van der Waals surface area contributed by atoms with Crippen LogP contribution in [0.15, 0.2) is 60.4 Å². The molecule has 4 nitrogen and oxygen atoms in total. The number of hydrogen-bond donors (Lipinski definition) is 1. The smallest absolute Gasteiger partial charge is 0.155 e. The summed E-state index contributed by atoms with van der Waals surface area (Å²) < 4.78 is 0. The molecule has 3 rings (SSSR count). The topological polar surface area (TPSA) is 63.1 Å². The zero-order valence-electron chi connectivity index (χ0n) is 14.3. The Morgan fingerprint density at radius 2 is 1.64 bits per heavy atom. The van der Waals surface area contributed by atoms with Crippen molar-refractivity contribution in [3.8, 4) is 11.3 Å². The second-order valence-corrected chi connectivity index (χ2v) is 5.32. The van der Waals surface area contributed by atoms with Crippen LogP contribution in [0.1, 0.15) is 19.5 Å². The van der Waals surface area contributed by atoms with Crippen LogP contribution >= 0.6 is 0 Å². The molecule has 0 radical (unpaired) electrons. The summed E-state index contributed by atoms with van der Waals surface area (Å²) in [4.78, 5) is 19.2. The maximum atomic E-state index is 10.0. The minimum Gasteiger partial charge on any atom is -0.512 e. The molecule has 0 aliphatic carbocycles. The van der Waals surface area contributed by atoms with Crippen molar-refractivity contribution in [1.82, 2.24) is 9.97 Å². The Hall–Kier alpha value is -2.32. The first-order valence-corrected chi connectivity index (χ1v) is 7.55. The first kappa shape index (κ1) is 20.7. The monoisotopic (exact) mass is 514 g/mol. The molecule has 0 aliphatic rings. The molecule has 2 aromatic carbocycles. The van der Waals surface area contributed by atoms with Gasteiger partial charge in [-0.1, -0.05) is 12.1 Å². The second kappa shape index (κ2) is 9.85. The number of allylic oxidation sites excluding steroid dienone is 2. The van der Waals surface area contributed by atoms with Crippen LogP contribution in [-0.2, 0) is 25.9 Å². The molecular formula is C20H19N2O2Pt-. The number of hydrogen-bond acceptors (Lipinski definition) is 4. The van der Waals surface area contributed by atoms with Gasteiger partial charge in [-0.05, 0) is 32.9 Å². The number of ketones is 1. The van der Waals surface area contributed by atoms with E-state index in [-0.39, 0.29) is 32.6 Å². The predicted octanol–water partition coefficient (Wildman–Crippen LogP) is 4.44. The first-order valence-electron chi connectivity index (χ1n) is 7.55. The van der Waals surface area contributed by atoms with Gasteiger partial charge >= 0.3 is 0 Å². The van der Waals surface area contributed by atoms with Crippen molar-refractivity contribution >= 4 is 16.8 Å². The Morgan fingerprint density at radius 1 is 1.04 bits per heavy atom. The number of aromatic nitrogens is 2. The van der Waals surface area contributed by atoms with Gasteiger partial charge < -0.3 is 5.11 Å². The summed E-state index contributed by atoms with van der Waals surface area (Å²) in [6.07, 6.45) is 1.17. The van der Waals surface area contributed by atoms with Crippen LogP contribution in [0.25, 0.3) is 22.3 Å². The van der Waals surface area contributed by atoms with E-state index in [0.717, 1.165) is 28.0 Å². The van der Waals surface area contributed by atoms with Crippen molar-refractivity contribution in [2.45, 2.75) is 20.8 Å². The molecule has 0 aliphatic heterocycles. The number of aliphatic hydroxyl groups excluding tert-OH is 1. The third-order valence-corrected chi connectivity index (χ3v) is 3.12. The van der Waals surface area contributed by atoms with E-state index in [4.69, 9.17) is 5.11 Å². The van der Waals surface area contributed by atoms with Crippen LogP contribution in [0.4, 0.5) is 0 Å². The zero-order valence-corrected chi connectivity index (χ0v) is 16.5. The zero-order chi connectivity index (χ0) is 17.5. The Morgan fingerprint density at radius 3 is 2.12 bits per heavy atom. The number of aliphatic hydroxyl groups is 1. The van der Waals surface area contributed by atoms with E-state index < -0.39 is 0 Å². The summed E-state index contributed by atoms with van der Waals surface area (Å²) in [5.41, 5.74) is 4.69. The van der Waals surface area contributed by atoms with Crippen LogP contribution in [-0.4, -0.2) is 20.9 Å². The number of para-hydroxylation sites is 2. The fraction of sp³-hybridized carbons (Fsp3) is 0.150. The number of benzene rings is 2. The third-order valence-electron chi connectivity index (χ3n) is 3.12. The average molecular weight is 514 g/mol. The van der Waals surface area contributed by atoms with Crippen molar-refractivity contribution in [2.75, 3.05) is 0 Å². The van der Waals surface area contributed by atoms with Crippen molar-refractivity contribution in [1.29, 1.82) is 0 Å². The molecule has 3 aromatic rings. The SMILES string of the molecule is CC(=O)C=C(C)O.Cc1nc2ccccc2nc1-c1[c-]cccc1.[Pt]. The summed E-state index contributed by atoms with van der Waals surface area (Å²) in [6, 6.07) is 18.9. The van der Waals surface area contributed by atoms with Crippen LogP contribution in [0.3, 0.4) is 0 Å². The van der Waals surface area contributed by atoms with Crippen molar-refractivity contribution in [3.63, 3.8) is 0 Å². The van der Waals surface area contributed by atoms with Gasteiger partial charge in [-0.15, -0.1) is 35.9 Å². The van der Waals surface area contributed by atoms with Gasteiger partial charge in [0.2, 0.25) is 0 Å². The summed E-state index contributed by atoms with van der Waals surface area (Å²) in [5, 5.41) is 8.36. The quantitative estimate of drug-likeness (QED) is 0.312.